The van der Waals surface area contributed by atoms with E-state index in [-0.39, 0.29) is 11.7 Å². The molecule has 154 valence electrons. The molecule has 0 aliphatic heterocycles. The third-order valence-electron chi connectivity index (χ3n) is 5.65. The van der Waals surface area contributed by atoms with Crippen molar-refractivity contribution in [3.05, 3.63) is 72.3 Å². The summed E-state index contributed by atoms with van der Waals surface area (Å²) in [6.45, 7) is 0. The van der Waals surface area contributed by atoms with Gasteiger partial charge in [0.15, 0.2) is 0 Å². The van der Waals surface area contributed by atoms with Crippen LogP contribution in [-0.4, -0.2) is 33.9 Å². The van der Waals surface area contributed by atoms with Crippen molar-refractivity contribution in [2.24, 2.45) is 0 Å². The van der Waals surface area contributed by atoms with Gasteiger partial charge in [-0.1, -0.05) is 19.3 Å². The van der Waals surface area contributed by atoms with Crippen LogP contribution in [0.2, 0.25) is 0 Å². The van der Waals surface area contributed by atoms with Crippen molar-refractivity contribution in [3.8, 4) is 11.3 Å². The minimum atomic E-state index is -0.282. The van der Waals surface area contributed by atoms with E-state index in [0.29, 0.717) is 23.1 Å². The third-order valence-corrected chi connectivity index (χ3v) is 5.65. The molecule has 0 spiro atoms. The summed E-state index contributed by atoms with van der Waals surface area (Å²) in [5.74, 6) is 0.409. The third kappa shape index (κ3) is 4.64. The normalized spacial score (nSPS) is 14.3. The monoisotopic (exact) mass is 404 g/mol. The lowest BCUT2D eigenvalue weighted by Gasteiger charge is -2.31. The Balaban J connectivity index is 1.44. The second kappa shape index (κ2) is 9.03. The Morgan fingerprint density at radius 3 is 2.40 bits per heavy atom. The van der Waals surface area contributed by atoms with Crippen molar-refractivity contribution in [2.45, 2.75) is 38.1 Å². The van der Waals surface area contributed by atoms with Crippen LogP contribution < -0.4 is 5.32 Å². The Kier molecular flexibility index (Phi) is 6.02. The Labute approximate surface area is 176 Å². The van der Waals surface area contributed by atoms with Gasteiger partial charge >= 0.3 is 0 Å². The van der Waals surface area contributed by atoms with Gasteiger partial charge in [-0.05, 0) is 61.4 Å². The zero-order valence-corrected chi connectivity index (χ0v) is 17.0. The van der Waals surface area contributed by atoms with Gasteiger partial charge < -0.3 is 10.2 Å². The summed E-state index contributed by atoms with van der Waals surface area (Å²) >= 11 is 0. The molecule has 0 saturated heterocycles. The van der Waals surface area contributed by atoms with Crippen molar-refractivity contribution in [2.75, 3.05) is 12.4 Å². The van der Waals surface area contributed by atoms with Gasteiger partial charge in [-0.15, -0.1) is 0 Å². The summed E-state index contributed by atoms with van der Waals surface area (Å²) in [7, 11) is 1.91. The van der Waals surface area contributed by atoms with E-state index in [1.54, 1.807) is 12.1 Å². The summed E-state index contributed by atoms with van der Waals surface area (Å²) in [6.07, 6.45) is 7.31. The zero-order valence-electron chi connectivity index (χ0n) is 17.0. The number of anilines is 2. The first kappa shape index (κ1) is 20.0. The molecule has 6 heteroatoms. The van der Waals surface area contributed by atoms with Crippen LogP contribution in [-0.2, 0) is 0 Å². The van der Waals surface area contributed by atoms with E-state index in [9.17, 15) is 9.18 Å². The maximum atomic E-state index is 13.1. The smallest absolute Gasteiger partial charge is 0.253 e. The molecule has 1 N–H and O–H groups in total. The summed E-state index contributed by atoms with van der Waals surface area (Å²) in [4.78, 5) is 23.2. The molecule has 5 nitrogen and oxygen atoms in total. The molecule has 0 bridgehead atoms. The number of halogens is 1. The molecule has 2 aromatic carbocycles. The van der Waals surface area contributed by atoms with E-state index in [1.807, 2.05) is 42.3 Å². The Morgan fingerprint density at radius 2 is 1.70 bits per heavy atom. The van der Waals surface area contributed by atoms with Gasteiger partial charge in [0.05, 0.1) is 5.69 Å². The van der Waals surface area contributed by atoms with E-state index in [2.05, 4.69) is 15.3 Å². The highest BCUT2D eigenvalue weighted by Gasteiger charge is 2.22. The molecular formula is C24H25FN4O. The van der Waals surface area contributed by atoms with Crippen molar-refractivity contribution < 1.29 is 9.18 Å². The fourth-order valence-corrected chi connectivity index (χ4v) is 3.89. The van der Waals surface area contributed by atoms with Crippen molar-refractivity contribution in [1.82, 2.24) is 14.9 Å². The predicted molar refractivity (Wildman–Crippen MR) is 116 cm³/mol. The number of carbonyl (C=O) groups is 1. The number of rotatable bonds is 5. The highest BCUT2D eigenvalue weighted by molar-refractivity contribution is 5.94. The Bertz CT molecular complexity index is 998. The van der Waals surface area contributed by atoms with Gasteiger partial charge in [0.2, 0.25) is 0 Å². The minimum absolute atomic E-state index is 0.0640. The molecule has 1 aliphatic carbocycles. The molecule has 0 radical (unpaired) electrons. The van der Waals surface area contributed by atoms with Crippen LogP contribution >= 0.6 is 0 Å². The second-order valence-electron chi connectivity index (χ2n) is 7.71. The van der Waals surface area contributed by atoms with Crippen LogP contribution in [0, 0.1) is 5.82 Å². The molecular weight excluding hydrogens is 379 g/mol. The molecule has 1 heterocycles. The molecule has 3 aromatic rings. The molecule has 1 fully saturated rings. The Hall–Kier alpha value is -3.28. The number of hydrogen-bond donors (Lipinski definition) is 1. The average Bonchev–Trinajstić information content (AvgIpc) is 2.80. The van der Waals surface area contributed by atoms with Gasteiger partial charge in [0.25, 0.3) is 5.91 Å². The molecule has 1 aliphatic rings. The van der Waals surface area contributed by atoms with Gasteiger partial charge in [0, 0.05) is 36.0 Å². The van der Waals surface area contributed by atoms with Crippen LogP contribution in [0.1, 0.15) is 42.5 Å². The van der Waals surface area contributed by atoms with Gasteiger partial charge in [-0.2, -0.15) is 0 Å². The lowest BCUT2D eigenvalue weighted by Crippen LogP contribution is -2.38. The summed E-state index contributed by atoms with van der Waals surface area (Å²) in [5, 5.41) is 3.23. The topological polar surface area (TPSA) is 58.1 Å². The average molecular weight is 404 g/mol. The van der Waals surface area contributed by atoms with Crippen LogP contribution in [0.3, 0.4) is 0 Å². The van der Waals surface area contributed by atoms with Gasteiger partial charge in [-0.25, -0.2) is 14.4 Å². The molecule has 1 saturated carbocycles. The Morgan fingerprint density at radius 1 is 1.00 bits per heavy atom. The molecule has 1 aromatic heterocycles. The largest absolute Gasteiger partial charge is 0.340 e. The second-order valence-corrected chi connectivity index (χ2v) is 7.71. The molecule has 0 unspecified atom stereocenters. The van der Waals surface area contributed by atoms with Gasteiger partial charge in [-0.3, -0.25) is 4.79 Å². The quantitative estimate of drug-likeness (QED) is 0.616. The van der Waals surface area contributed by atoms with E-state index in [1.165, 1.54) is 37.7 Å². The number of hydrogen-bond acceptors (Lipinski definition) is 4. The number of benzene rings is 2. The fraction of sp³-hybridized carbons (Fsp3) is 0.292. The number of nitrogens with one attached hydrogen (secondary N) is 1. The van der Waals surface area contributed by atoms with Crippen LogP contribution in [0.5, 0.6) is 0 Å². The zero-order chi connectivity index (χ0) is 20.9. The first-order chi connectivity index (χ1) is 14.6. The maximum absolute atomic E-state index is 13.1. The maximum Gasteiger partial charge on any atom is 0.253 e. The number of nitrogens with zero attached hydrogens (tertiary/aromatic N) is 3. The summed E-state index contributed by atoms with van der Waals surface area (Å²) in [6, 6.07) is 15.8. The van der Waals surface area contributed by atoms with E-state index < -0.39 is 0 Å². The van der Waals surface area contributed by atoms with Crippen molar-refractivity contribution in [3.63, 3.8) is 0 Å². The number of amides is 1. The summed E-state index contributed by atoms with van der Waals surface area (Å²) in [5.41, 5.74) is 3.03. The van der Waals surface area contributed by atoms with Crippen LogP contribution in [0.25, 0.3) is 11.3 Å². The minimum Gasteiger partial charge on any atom is -0.340 e. The highest BCUT2D eigenvalue weighted by Crippen LogP contribution is 2.24. The lowest BCUT2D eigenvalue weighted by molar-refractivity contribution is 0.0696. The van der Waals surface area contributed by atoms with Crippen LogP contribution in [0.4, 0.5) is 15.9 Å². The first-order valence-corrected chi connectivity index (χ1v) is 10.3. The van der Waals surface area contributed by atoms with Crippen LogP contribution in [0.15, 0.2) is 60.9 Å². The number of carbonyl (C=O) groups excluding carboxylic acids is 1. The molecule has 1 amide bonds. The molecule has 0 atom stereocenters. The summed E-state index contributed by atoms with van der Waals surface area (Å²) < 4.78 is 13.1. The van der Waals surface area contributed by atoms with E-state index in [0.717, 1.165) is 24.1 Å². The standard InChI is InChI=1S/C24H25FN4O/c1-29(21-5-3-2-4-6-21)24(30)18-9-13-20(14-10-18)28-23-15-22(26-16-27-23)17-7-11-19(25)12-8-17/h7-16,21H,2-6H2,1H3,(H,26,27,28). The molecule has 30 heavy (non-hydrogen) atoms. The first-order valence-electron chi connectivity index (χ1n) is 10.3. The lowest BCUT2D eigenvalue weighted by atomic mass is 9.94. The fourth-order valence-electron chi connectivity index (χ4n) is 3.89. The highest BCUT2D eigenvalue weighted by atomic mass is 19.1. The van der Waals surface area contributed by atoms with Crippen molar-refractivity contribution >= 4 is 17.4 Å². The SMILES string of the molecule is CN(C(=O)c1ccc(Nc2cc(-c3ccc(F)cc3)ncn2)cc1)C1CCCCC1. The van der Waals surface area contributed by atoms with Gasteiger partial charge in [0.1, 0.15) is 18.0 Å². The van der Waals surface area contributed by atoms with Crippen molar-refractivity contribution in [1.29, 1.82) is 0 Å². The van der Waals surface area contributed by atoms with E-state index in [4.69, 9.17) is 0 Å². The molecule has 4 rings (SSSR count). The predicted octanol–water partition coefficient (Wildman–Crippen LogP) is 5.43. The van der Waals surface area contributed by atoms with E-state index >= 15 is 0 Å². The number of aromatic nitrogens is 2.